The zero-order valence-corrected chi connectivity index (χ0v) is 9.20. The number of halogens is 1. The fourth-order valence-electron chi connectivity index (χ4n) is 1.02. The molecule has 1 N–H and O–H groups in total. The summed E-state index contributed by atoms with van der Waals surface area (Å²) in [6, 6.07) is 2.31. The highest BCUT2D eigenvalue weighted by atomic mass is 79.9. The van der Waals surface area contributed by atoms with E-state index in [2.05, 4.69) is 21.2 Å². The number of nitro groups is 1. The van der Waals surface area contributed by atoms with E-state index in [0.29, 0.717) is 4.47 Å². The van der Waals surface area contributed by atoms with Crippen LogP contribution in [-0.2, 0) is 0 Å². The van der Waals surface area contributed by atoms with E-state index in [0.717, 1.165) is 6.07 Å². The Bertz CT molecular complexity index is 433. The Morgan fingerprint density at radius 3 is 2.60 bits per heavy atom. The molecule has 1 amide bonds. The highest BCUT2D eigenvalue weighted by Crippen LogP contribution is 2.30. The van der Waals surface area contributed by atoms with Crippen molar-refractivity contribution < 1.29 is 14.8 Å². The fraction of sp³-hybridized carbons (Fsp3) is 0.125. The average molecular weight is 274 g/mol. The lowest BCUT2D eigenvalue weighted by atomic mass is 10.1. The summed E-state index contributed by atoms with van der Waals surface area (Å²) >= 11 is 2.99. The Balaban J connectivity index is 3.41. The van der Waals surface area contributed by atoms with Gasteiger partial charge in [0.25, 0.3) is 11.6 Å². The van der Waals surface area contributed by atoms with Crippen LogP contribution in [0.15, 0.2) is 16.6 Å². The van der Waals surface area contributed by atoms with Gasteiger partial charge in [0.15, 0.2) is 0 Å². The van der Waals surface area contributed by atoms with Gasteiger partial charge in [-0.05, 0) is 11.8 Å². The number of carbonyl (C=O) groups is 1. The molecule has 6 nitrogen and oxygen atoms in total. The molecular formula is C8H6BrN2O4-. The second kappa shape index (κ2) is 4.26. The summed E-state index contributed by atoms with van der Waals surface area (Å²) in [5, 5.41) is 24.2. The van der Waals surface area contributed by atoms with Crippen molar-refractivity contribution in [1.29, 1.82) is 0 Å². The zero-order chi connectivity index (χ0) is 11.6. The molecule has 0 aliphatic heterocycles. The number of amides is 1. The summed E-state index contributed by atoms with van der Waals surface area (Å²) in [4.78, 5) is 20.9. The van der Waals surface area contributed by atoms with E-state index in [4.69, 9.17) is 0 Å². The quantitative estimate of drug-likeness (QED) is 0.637. The van der Waals surface area contributed by atoms with Crippen LogP contribution >= 0.6 is 15.9 Å². The van der Waals surface area contributed by atoms with Crippen LogP contribution in [-0.4, -0.2) is 17.9 Å². The molecular weight excluding hydrogens is 268 g/mol. The molecule has 0 aliphatic carbocycles. The minimum absolute atomic E-state index is 0.251. The molecule has 15 heavy (non-hydrogen) atoms. The molecule has 0 aromatic heterocycles. The third-order valence-corrected chi connectivity index (χ3v) is 2.16. The van der Waals surface area contributed by atoms with Crippen LogP contribution < -0.4 is 10.4 Å². The number of nitro benzene ring substituents is 1. The molecule has 0 fully saturated rings. The Kier molecular flexibility index (Phi) is 3.25. The number of rotatable bonds is 2. The van der Waals surface area contributed by atoms with Gasteiger partial charge in [-0.1, -0.05) is 15.9 Å². The van der Waals surface area contributed by atoms with Crippen molar-refractivity contribution in [3.8, 4) is 5.75 Å². The SMILES string of the molecule is CNC(=O)c1cc(Br)cc([N+](=O)[O-])c1[O-]. The van der Waals surface area contributed by atoms with Gasteiger partial charge < -0.3 is 10.4 Å². The van der Waals surface area contributed by atoms with Crippen LogP contribution in [0.1, 0.15) is 10.4 Å². The van der Waals surface area contributed by atoms with Crippen molar-refractivity contribution in [3.05, 3.63) is 32.3 Å². The number of carbonyl (C=O) groups excluding carboxylic acids is 1. The van der Waals surface area contributed by atoms with Gasteiger partial charge in [-0.2, -0.15) is 0 Å². The summed E-state index contributed by atoms with van der Waals surface area (Å²) in [5.41, 5.74) is -0.874. The van der Waals surface area contributed by atoms with Crippen LogP contribution in [0, 0.1) is 10.1 Å². The van der Waals surface area contributed by atoms with Gasteiger partial charge >= 0.3 is 0 Å². The smallest absolute Gasteiger partial charge is 0.263 e. The van der Waals surface area contributed by atoms with E-state index in [1.165, 1.54) is 13.1 Å². The van der Waals surface area contributed by atoms with Gasteiger partial charge in [0.05, 0.1) is 4.92 Å². The second-order valence-corrected chi connectivity index (χ2v) is 3.55. The molecule has 0 heterocycles. The maximum atomic E-state index is 11.4. The minimum Gasteiger partial charge on any atom is -0.867 e. The first-order valence-electron chi connectivity index (χ1n) is 3.84. The predicted octanol–water partition coefficient (Wildman–Crippen LogP) is 0.790. The van der Waals surface area contributed by atoms with Crippen molar-refractivity contribution in [2.45, 2.75) is 0 Å². The van der Waals surface area contributed by atoms with E-state index in [1.54, 1.807) is 0 Å². The summed E-state index contributed by atoms with van der Waals surface area (Å²) in [6.45, 7) is 0. The Morgan fingerprint density at radius 1 is 1.53 bits per heavy atom. The average Bonchev–Trinajstić information content (AvgIpc) is 2.19. The predicted molar refractivity (Wildman–Crippen MR) is 53.6 cm³/mol. The first-order chi connectivity index (χ1) is 6.97. The fourth-order valence-corrected chi connectivity index (χ4v) is 1.46. The van der Waals surface area contributed by atoms with E-state index in [1.807, 2.05) is 0 Å². The maximum absolute atomic E-state index is 11.4. The van der Waals surface area contributed by atoms with Crippen LogP contribution in [0.4, 0.5) is 5.69 Å². The highest BCUT2D eigenvalue weighted by Gasteiger charge is 2.15. The highest BCUT2D eigenvalue weighted by molar-refractivity contribution is 9.10. The minimum atomic E-state index is -0.887. The van der Waals surface area contributed by atoms with Crippen LogP contribution in [0.3, 0.4) is 0 Å². The number of hydrogen-bond acceptors (Lipinski definition) is 4. The van der Waals surface area contributed by atoms with Crippen molar-refractivity contribution in [2.24, 2.45) is 0 Å². The van der Waals surface area contributed by atoms with E-state index in [9.17, 15) is 20.0 Å². The third-order valence-electron chi connectivity index (χ3n) is 1.70. The lowest BCUT2D eigenvalue weighted by Crippen LogP contribution is -2.20. The molecule has 0 saturated carbocycles. The van der Waals surface area contributed by atoms with Crippen LogP contribution in [0.25, 0.3) is 0 Å². The summed E-state index contributed by atoms with van der Waals surface area (Å²) in [5.74, 6) is -1.54. The molecule has 1 aromatic carbocycles. The van der Waals surface area contributed by atoms with Crippen LogP contribution in [0.2, 0.25) is 0 Å². The van der Waals surface area contributed by atoms with Gasteiger partial charge in [0.2, 0.25) is 0 Å². The third kappa shape index (κ3) is 2.24. The van der Waals surface area contributed by atoms with Gasteiger partial charge in [0, 0.05) is 23.2 Å². The molecule has 0 aliphatic rings. The van der Waals surface area contributed by atoms with E-state index in [-0.39, 0.29) is 5.56 Å². The second-order valence-electron chi connectivity index (χ2n) is 2.64. The lowest BCUT2D eigenvalue weighted by molar-refractivity contribution is -0.398. The summed E-state index contributed by atoms with van der Waals surface area (Å²) in [6.07, 6.45) is 0. The number of nitrogens with zero attached hydrogens (tertiary/aromatic N) is 1. The van der Waals surface area contributed by atoms with Crippen molar-refractivity contribution in [3.63, 3.8) is 0 Å². The molecule has 7 heteroatoms. The summed E-state index contributed by atoms with van der Waals surface area (Å²) in [7, 11) is 1.34. The van der Waals surface area contributed by atoms with Gasteiger partial charge in [-0.25, -0.2) is 0 Å². The van der Waals surface area contributed by atoms with Gasteiger partial charge in [-0.3, -0.25) is 14.9 Å². The van der Waals surface area contributed by atoms with E-state index >= 15 is 0 Å². The lowest BCUT2D eigenvalue weighted by Gasteiger charge is -2.12. The van der Waals surface area contributed by atoms with E-state index < -0.39 is 22.3 Å². The molecule has 80 valence electrons. The standard InChI is InChI=1S/C8H7BrN2O4/c1-10-8(13)5-2-4(9)3-6(7(5)12)11(14)15/h2-3,12H,1H3,(H,10,13)/p-1. The molecule has 0 atom stereocenters. The molecule has 0 unspecified atom stereocenters. The Morgan fingerprint density at radius 2 is 2.13 bits per heavy atom. The van der Waals surface area contributed by atoms with Gasteiger partial charge in [0.1, 0.15) is 0 Å². The molecule has 0 radical (unpaired) electrons. The molecule has 1 rings (SSSR count). The Hall–Kier alpha value is -1.63. The zero-order valence-electron chi connectivity index (χ0n) is 7.61. The first kappa shape index (κ1) is 11.4. The Labute approximate surface area is 93.2 Å². The van der Waals surface area contributed by atoms with Gasteiger partial charge in [-0.15, -0.1) is 0 Å². The number of hydrogen-bond donors (Lipinski definition) is 1. The number of nitrogens with one attached hydrogen (secondary N) is 1. The van der Waals surface area contributed by atoms with Crippen molar-refractivity contribution in [2.75, 3.05) is 7.05 Å². The molecule has 0 spiro atoms. The monoisotopic (exact) mass is 273 g/mol. The molecule has 1 aromatic rings. The maximum Gasteiger partial charge on any atom is 0.263 e. The van der Waals surface area contributed by atoms with Crippen molar-refractivity contribution >= 4 is 27.5 Å². The molecule has 0 saturated heterocycles. The van der Waals surface area contributed by atoms with Crippen molar-refractivity contribution in [1.82, 2.24) is 5.32 Å². The largest absolute Gasteiger partial charge is 0.867 e. The first-order valence-corrected chi connectivity index (χ1v) is 4.63. The summed E-state index contributed by atoms with van der Waals surface area (Å²) < 4.78 is 0.312. The normalized spacial score (nSPS) is 9.73. The topological polar surface area (TPSA) is 95.3 Å². The number of benzene rings is 1. The van der Waals surface area contributed by atoms with Crippen LogP contribution in [0.5, 0.6) is 5.75 Å². The molecule has 0 bridgehead atoms.